The van der Waals surface area contributed by atoms with Crippen LogP contribution in [0.15, 0.2) is 67.1 Å². The number of carbonyl (C=O) groups excluding carboxylic acids is 1. The first-order valence-electron chi connectivity index (χ1n) is 13.5. The van der Waals surface area contributed by atoms with Gasteiger partial charge in [0.2, 0.25) is 0 Å². The quantitative estimate of drug-likeness (QED) is 0.293. The van der Waals surface area contributed by atoms with Crippen LogP contribution < -0.4 is 5.32 Å². The van der Waals surface area contributed by atoms with Crippen LogP contribution in [-0.4, -0.2) is 62.6 Å². The molecule has 1 fully saturated rings. The van der Waals surface area contributed by atoms with Gasteiger partial charge in [-0.25, -0.2) is 9.18 Å². The summed E-state index contributed by atoms with van der Waals surface area (Å²) in [7, 11) is 1.73. The fraction of sp³-hybridized carbons (Fsp3) is 0.323. The van der Waals surface area contributed by atoms with Crippen molar-refractivity contribution in [3.8, 4) is 5.69 Å². The summed E-state index contributed by atoms with van der Waals surface area (Å²) in [6.45, 7) is 6.52. The van der Waals surface area contributed by atoms with Gasteiger partial charge in [-0.2, -0.15) is 0 Å². The lowest BCUT2D eigenvalue weighted by Crippen LogP contribution is -2.33. The Bertz CT molecular complexity index is 1520. The van der Waals surface area contributed by atoms with Crippen LogP contribution in [0, 0.1) is 5.82 Å². The van der Waals surface area contributed by atoms with Gasteiger partial charge in [-0.05, 0) is 93.2 Å². The van der Waals surface area contributed by atoms with E-state index in [1.54, 1.807) is 42.5 Å². The Morgan fingerprint density at radius 3 is 2.52 bits per heavy atom. The summed E-state index contributed by atoms with van der Waals surface area (Å²) < 4.78 is 16.3. The first-order valence-corrected chi connectivity index (χ1v) is 13.5. The third-order valence-corrected chi connectivity index (χ3v) is 7.82. The van der Waals surface area contributed by atoms with Gasteiger partial charge in [-0.15, -0.1) is 0 Å². The van der Waals surface area contributed by atoms with E-state index in [9.17, 15) is 14.0 Å². The number of rotatable bonds is 7. The van der Waals surface area contributed by atoms with Crippen molar-refractivity contribution < 1.29 is 19.1 Å². The van der Waals surface area contributed by atoms with Gasteiger partial charge in [-0.1, -0.05) is 12.1 Å². The average molecular weight is 544 g/mol. The smallest absolute Gasteiger partial charge is 0.409 e. The van der Waals surface area contributed by atoms with Crippen molar-refractivity contribution in [1.82, 2.24) is 19.4 Å². The molecule has 208 valence electrons. The Morgan fingerprint density at radius 2 is 1.85 bits per heavy atom. The van der Waals surface area contributed by atoms with E-state index in [4.69, 9.17) is 5.11 Å². The molecular weight excluding hydrogens is 509 g/mol. The molecule has 0 radical (unpaired) electrons. The van der Waals surface area contributed by atoms with E-state index in [1.807, 2.05) is 36.6 Å². The summed E-state index contributed by atoms with van der Waals surface area (Å²) in [6.07, 6.45) is 6.58. The normalized spacial score (nSPS) is 14.5. The van der Waals surface area contributed by atoms with Gasteiger partial charge < -0.3 is 14.6 Å². The molecule has 0 bridgehead atoms. The molecule has 2 aromatic heterocycles. The second-order valence-electron chi connectivity index (χ2n) is 10.7. The largest absolute Gasteiger partial charge is 0.465 e. The molecule has 8 nitrogen and oxygen atoms in total. The average Bonchev–Trinajstić information content (AvgIpc) is 3.33. The number of benzene rings is 2. The summed E-state index contributed by atoms with van der Waals surface area (Å²) in [5.74, 6) is -0.335. The van der Waals surface area contributed by atoms with Gasteiger partial charge >= 0.3 is 6.09 Å². The first-order chi connectivity index (χ1) is 19.2. The Morgan fingerprint density at radius 1 is 1.12 bits per heavy atom. The van der Waals surface area contributed by atoms with Gasteiger partial charge in [0.1, 0.15) is 5.82 Å². The van der Waals surface area contributed by atoms with E-state index in [-0.39, 0.29) is 11.9 Å². The molecule has 1 aliphatic heterocycles. The zero-order chi connectivity index (χ0) is 28.4. The van der Waals surface area contributed by atoms with Gasteiger partial charge in [0.15, 0.2) is 0 Å². The number of likely N-dealkylation sites (tertiary alicyclic amines) is 1. The molecule has 1 aliphatic rings. The maximum Gasteiger partial charge on any atom is 0.409 e. The summed E-state index contributed by atoms with van der Waals surface area (Å²) in [6, 6.07) is 13.9. The lowest BCUT2D eigenvalue weighted by molar-refractivity contribution is 0.0754. The Hall–Kier alpha value is -4.24. The van der Waals surface area contributed by atoms with Crippen LogP contribution in [0.3, 0.4) is 0 Å². The molecule has 0 atom stereocenters. The lowest BCUT2D eigenvalue weighted by atomic mass is 9.89. The fourth-order valence-electron chi connectivity index (χ4n) is 5.42. The number of carboxylic acid groups (broad SMARTS) is 1. The topological polar surface area (TPSA) is 90.7 Å². The van der Waals surface area contributed by atoms with Crippen molar-refractivity contribution in [2.75, 3.05) is 25.5 Å². The minimum atomic E-state index is -1.07. The molecule has 3 heterocycles. The molecule has 2 aromatic carbocycles. The molecule has 0 saturated carbocycles. The highest BCUT2D eigenvalue weighted by Crippen LogP contribution is 2.36. The van der Waals surface area contributed by atoms with E-state index in [0.717, 1.165) is 48.9 Å². The highest BCUT2D eigenvalue weighted by molar-refractivity contribution is 5.99. The zero-order valence-electron chi connectivity index (χ0n) is 23.0. The number of pyridine rings is 1. The molecule has 0 spiro atoms. The van der Waals surface area contributed by atoms with Crippen LogP contribution in [0.1, 0.15) is 54.1 Å². The Kier molecular flexibility index (Phi) is 7.84. The number of halogens is 1. The van der Waals surface area contributed by atoms with Crippen molar-refractivity contribution in [2.45, 2.75) is 45.2 Å². The molecule has 1 saturated heterocycles. The number of amides is 2. The molecule has 2 amide bonds. The third kappa shape index (κ3) is 5.70. The SMILES string of the molecule is CC(C)N(C)C(=O)c1cc(F)ccc1-n1cc(C2CCN(Cc3ccc(NC(=O)O)cc3)CC2)c2ccncc21. The van der Waals surface area contributed by atoms with Crippen LogP contribution in [0.5, 0.6) is 0 Å². The number of nitrogens with zero attached hydrogens (tertiary/aromatic N) is 4. The van der Waals surface area contributed by atoms with E-state index >= 15 is 0 Å². The fourth-order valence-corrected chi connectivity index (χ4v) is 5.42. The monoisotopic (exact) mass is 543 g/mol. The molecule has 40 heavy (non-hydrogen) atoms. The molecule has 2 N–H and O–H groups in total. The number of carbonyl (C=O) groups is 2. The number of piperidine rings is 1. The minimum Gasteiger partial charge on any atom is -0.465 e. The number of nitrogens with one attached hydrogen (secondary N) is 1. The third-order valence-electron chi connectivity index (χ3n) is 7.82. The van der Waals surface area contributed by atoms with Crippen molar-refractivity contribution in [2.24, 2.45) is 0 Å². The van der Waals surface area contributed by atoms with Crippen molar-refractivity contribution in [3.63, 3.8) is 0 Å². The molecular formula is C31H34FN5O3. The maximum atomic E-state index is 14.3. The predicted octanol–water partition coefficient (Wildman–Crippen LogP) is 6.11. The summed E-state index contributed by atoms with van der Waals surface area (Å²) >= 11 is 0. The van der Waals surface area contributed by atoms with Crippen LogP contribution in [0.2, 0.25) is 0 Å². The second-order valence-corrected chi connectivity index (χ2v) is 10.7. The minimum absolute atomic E-state index is 0.0215. The van der Waals surface area contributed by atoms with E-state index in [1.165, 1.54) is 17.7 Å². The highest BCUT2D eigenvalue weighted by Gasteiger charge is 2.26. The van der Waals surface area contributed by atoms with Gasteiger partial charge in [0.25, 0.3) is 5.91 Å². The van der Waals surface area contributed by atoms with Crippen LogP contribution >= 0.6 is 0 Å². The van der Waals surface area contributed by atoms with Gasteiger partial charge in [-0.3, -0.25) is 20.0 Å². The Balaban J connectivity index is 1.38. The molecule has 0 aliphatic carbocycles. The van der Waals surface area contributed by atoms with Gasteiger partial charge in [0, 0.05) is 43.1 Å². The van der Waals surface area contributed by atoms with E-state index < -0.39 is 11.9 Å². The number of hydrogen-bond acceptors (Lipinski definition) is 4. The van der Waals surface area contributed by atoms with Crippen molar-refractivity contribution in [1.29, 1.82) is 0 Å². The molecule has 5 rings (SSSR count). The second kappa shape index (κ2) is 11.5. The van der Waals surface area contributed by atoms with E-state index in [2.05, 4.69) is 21.4 Å². The molecule has 0 unspecified atom stereocenters. The predicted molar refractivity (Wildman–Crippen MR) is 154 cm³/mol. The lowest BCUT2D eigenvalue weighted by Gasteiger charge is -2.32. The zero-order valence-corrected chi connectivity index (χ0v) is 23.0. The number of aromatic nitrogens is 2. The standard InChI is InChI=1S/C31H34FN5O3/c1-20(2)35(3)30(38)26-16-23(32)6-9-28(26)37-19-27(25-10-13-33-17-29(25)37)22-11-14-36(15-12-22)18-21-4-7-24(8-5-21)34-31(39)40/h4-10,13,16-17,19-20,22,34H,11-12,14-15,18H2,1-3H3,(H,39,40). The number of fused-ring (bicyclic) bond motifs is 1. The Labute approximate surface area is 233 Å². The summed E-state index contributed by atoms with van der Waals surface area (Å²) in [5, 5.41) is 12.3. The van der Waals surface area contributed by atoms with E-state index in [0.29, 0.717) is 22.9 Å². The van der Waals surface area contributed by atoms with Crippen molar-refractivity contribution >= 4 is 28.6 Å². The number of anilines is 1. The highest BCUT2D eigenvalue weighted by atomic mass is 19.1. The first kappa shape index (κ1) is 27.3. The van der Waals surface area contributed by atoms with Gasteiger partial charge in [0.05, 0.1) is 23.0 Å². The van der Waals surface area contributed by atoms with Crippen molar-refractivity contribution in [3.05, 3.63) is 89.6 Å². The maximum absolute atomic E-state index is 14.3. The number of hydrogen-bond donors (Lipinski definition) is 2. The van der Waals surface area contributed by atoms with Crippen LogP contribution in [-0.2, 0) is 6.54 Å². The summed E-state index contributed by atoms with van der Waals surface area (Å²) in [5.41, 5.74) is 4.76. The molecule has 4 aromatic rings. The van der Waals surface area contributed by atoms with Crippen LogP contribution in [0.25, 0.3) is 16.6 Å². The summed E-state index contributed by atoms with van der Waals surface area (Å²) in [4.78, 5) is 32.6. The molecule has 9 heteroatoms. The van der Waals surface area contributed by atoms with Crippen LogP contribution in [0.4, 0.5) is 14.9 Å².